The van der Waals surface area contributed by atoms with Gasteiger partial charge in [-0.1, -0.05) is 13.2 Å². The molecule has 0 aromatic rings. The second-order valence-electron chi connectivity index (χ2n) is 4.34. The Morgan fingerprint density at radius 2 is 1.64 bits per heavy atom. The van der Waals surface area contributed by atoms with Crippen molar-refractivity contribution in [2.75, 3.05) is 0 Å². The van der Waals surface area contributed by atoms with Gasteiger partial charge in [0.25, 0.3) is 0 Å². The molecule has 0 bridgehead atoms. The summed E-state index contributed by atoms with van der Waals surface area (Å²) in [5, 5.41) is 1.73. The van der Waals surface area contributed by atoms with Gasteiger partial charge in [0.2, 0.25) is 0 Å². The first kappa shape index (κ1) is 11.9. The van der Waals surface area contributed by atoms with Crippen LogP contribution in [-0.4, -0.2) is 18.3 Å². The van der Waals surface area contributed by atoms with E-state index in [4.69, 9.17) is 9.31 Å². The molecule has 14 heavy (non-hydrogen) atoms. The Kier molecular flexibility index (Phi) is 3.19. The molecule has 1 heterocycles. The standard InChI is InChI=1S/C10H17BO2S/c1-7-14-8(2)11-12-9(3,4)10(5,6)13-11/h7H,1-2H2,3-6H3. The molecule has 0 aliphatic carbocycles. The molecule has 1 rings (SSSR count). The predicted octanol–water partition coefficient (Wildman–Crippen LogP) is 3.01. The Bertz CT molecular complexity index is 245. The van der Waals surface area contributed by atoms with Gasteiger partial charge in [0.15, 0.2) is 0 Å². The average molecular weight is 212 g/mol. The van der Waals surface area contributed by atoms with Crippen LogP contribution in [0.2, 0.25) is 0 Å². The van der Waals surface area contributed by atoms with E-state index in [9.17, 15) is 0 Å². The highest BCUT2D eigenvalue weighted by atomic mass is 32.2. The molecule has 1 aliphatic heterocycles. The molecule has 0 aromatic heterocycles. The SMILES string of the molecule is C=CSC(=C)B1OC(C)(C)C(C)(C)O1. The topological polar surface area (TPSA) is 18.5 Å². The maximum absolute atomic E-state index is 5.79. The molecule has 0 radical (unpaired) electrons. The summed E-state index contributed by atoms with van der Waals surface area (Å²) in [6, 6.07) is 0. The Labute approximate surface area is 90.9 Å². The van der Waals surface area contributed by atoms with Crippen molar-refractivity contribution in [3.63, 3.8) is 0 Å². The molecule has 0 amide bonds. The van der Waals surface area contributed by atoms with E-state index in [1.807, 2.05) is 27.7 Å². The lowest BCUT2D eigenvalue weighted by atomic mass is 9.90. The fourth-order valence-electron chi connectivity index (χ4n) is 1.14. The molecule has 0 atom stereocenters. The van der Waals surface area contributed by atoms with Crippen molar-refractivity contribution in [2.45, 2.75) is 38.9 Å². The van der Waals surface area contributed by atoms with Gasteiger partial charge >= 0.3 is 7.12 Å². The van der Waals surface area contributed by atoms with Crippen LogP contribution in [0.4, 0.5) is 0 Å². The van der Waals surface area contributed by atoms with Crippen LogP contribution < -0.4 is 0 Å². The molecule has 1 saturated heterocycles. The Balaban J connectivity index is 2.72. The van der Waals surface area contributed by atoms with Crippen LogP contribution in [0.25, 0.3) is 0 Å². The number of rotatable bonds is 3. The molecular weight excluding hydrogens is 195 g/mol. The molecule has 4 heteroatoms. The Morgan fingerprint density at radius 3 is 2.00 bits per heavy atom. The zero-order valence-corrected chi connectivity index (χ0v) is 10.1. The largest absolute Gasteiger partial charge is 0.501 e. The fraction of sp³-hybridized carbons (Fsp3) is 0.600. The monoisotopic (exact) mass is 212 g/mol. The van der Waals surface area contributed by atoms with Gasteiger partial charge in [-0.15, -0.1) is 11.8 Å². The van der Waals surface area contributed by atoms with Crippen LogP contribution in [0.3, 0.4) is 0 Å². The first-order chi connectivity index (χ1) is 6.30. The Morgan fingerprint density at radius 1 is 1.21 bits per heavy atom. The van der Waals surface area contributed by atoms with Crippen molar-refractivity contribution in [3.8, 4) is 0 Å². The molecule has 0 aromatic carbocycles. The molecule has 0 spiro atoms. The summed E-state index contributed by atoms with van der Waals surface area (Å²) in [5.74, 6) is 0. The summed E-state index contributed by atoms with van der Waals surface area (Å²) >= 11 is 1.45. The van der Waals surface area contributed by atoms with Crippen LogP contribution in [0.5, 0.6) is 0 Å². The summed E-state index contributed by atoms with van der Waals surface area (Å²) in [7, 11) is -0.331. The second-order valence-corrected chi connectivity index (χ2v) is 5.43. The van der Waals surface area contributed by atoms with Gasteiger partial charge in [0, 0.05) is 4.80 Å². The van der Waals surface area contributed by atoms with Gasteiger partial charge in [-0.2, -0.15) is 0 Å². The second kappa shape index (κ2) is 3.76. The lowest BCUT2D eigenvalue weighted by molar-refractivity contribution is 0.00578. The van der Waals surface area contributed by atoms with Crippen molar-refractivity contribution in [1.82, 2.24) is 0 Å². The van der Waals surface area contributed by atoms with Crippen LogP contribution in [0.1, 0.15) is 27.7 Å². The van der Waals surface area contributed by atoms with E-state index in [0.717, 1.165) is 4.80 Å². The lowest BCUT2D eigenvalue weighted by Crippen LogP contribution is -2.41. The first-order valence-corrected chi connectivity index (χ1v) is 5.50. The van der Waals surface area contributed by atoms with E-state index in [0.29, 0.717) is 0 Å². The van der Waals surface area contributed by atoms with E-state index in [1.165, 1.54) is 11.8 Å². The minimum atomic E-state index is -0.331. The third-order valence-corrected chi connectivity index (χ3v) is 3.41. The molecule has 2 nitrogen and oxygen atoms in total. The van der Waals surface area contributed by atoms with Crippen molar-refractivity contribution in [1.29, 1.82) is 0 Å². The van der Waals surface area contributed by atoms with Crippen LogP contribution in [0.15, 0.2) is 23.4 Å². The van der Waals surface area contributed by atoms with Crippen molar-refractivity contribution < 1.29 is 9.31 Å². The highest BCUT2D eigenvalue weighted by Crippen LogP contribution is 2.40. The highest BCUT2D eigenvalue weighted by Gasteiger charge is 2.52. The maximum atomic E-state index is 5.79. The molecule has 1 aliphatic rings. The molecule has 0 unspecified atom stereocenters. The van der Waals surface area contributed by atoms with Gasteiger partial charge in [0.05, 0.1) is 11.2 Å². The lowest BCUT2D eigenvalue weighted by Gasteiger charge is -2.32. The normalized spacial score (nSPS) is 23.6. The third kappa shape index (κ3) is 2.07. The summed E-state index contributed by atoms with van der Waals surface area (Å²) in [5.41, 5.74) is -0.579. The molecule has 1 fully saturated rings. The maximum Gasteiger partial charge on any atom is 0.501 e. The van der Waals surface area contributed by atoms with E-state index >= 15 is 0 Å². The van der Waals surface area contributed by atoms with Gasteiger partial charge in [-0.05, 0) is 33.1 Å². The van der Waals surface area contributed by atoms with Crippen LogP contribution in [-0.2, 0) is 9.31 Å². The smallest absolute Gasteiger partial charge is 0.399 e. The quantitative estimate of drug-likeness (QED) is 0.670. The molecule has 0 N–H and O–H groups in total. The first-order valence-electron chi connectivity index (χ1n) is 4.62. The summed E-state index contributed by atoms with van der Waals surface area (Å²) < 4.78 is 11.6. The van der Waals surface area contributed by atoms with Crippen LogP contribution in [0, 0.1) is 0 Å². The van der Waals surface area contributed by atoms with E-state index in [2.05, 4.69) is 13.2 Å². The summed E-state index contributed by atoms with van der Waals surface area (Å²) in [4.78, 5) is 0.846. The van der Waals surface area contributed by atoms with E-state index < -0.39 is 0 Å². The van der Waals surface area contributed by atoms with Crippen molar-refractivity contribution in [2.24, 2.45) is 0 Å². The van der Waals surface area contributed by atoms with Gasteiger partial charge < -0.3 is 9.31 Å². The van der Waals surface area contributed by atoms with Crippen molar-refractivity contribution in [3.05, 3.63) is 23.4 Å². The van der Waals surface area contributed by atoms with Gasteiger partial charge in [-0.25, -0.2) is 0 Å². The summed E-state index contributed by atoms with van der Waals surface area (Å²) in [6.45, 7) is 15.6. The highest BCUT2D eigenvalue weighted by molar-refractivity contribution is 8.07. The number of hydrogen-bond acceptors (Lipinski definition) is 3. The zero-order chi connectivity index (χ0) is 11.0. The van der Waals surface area contributed by atoms with Crippen molar-refractivity contribution >= 4 is 18.9 Å². The summed E-state index contributed by atoms with van der Waals surface area (Å²) in [6.07, 6.45) is 0. The molecular formula is C10H17BO2S. The van der Waals surface area contributed by atoms with E-state index in [-0.39, 0.29) is 18.3 Å². The number of thioether (sulfide) groups is 1. The van der Waals surface area contributed by atoms with Crippen LogP contribution >= 0.6 is 11.8 Å². The predicted molar refractivity (Wildman–Crippen MR) is 63.0 cm³/mol. The number of hydrogen-bond donors (Lipinski definition) is 0. The minimum Gasteiger partial charge on any atom is -0.399 e. The average Bonchev–Trinajstić information content (AvgIpc) is 2.22. The van der Waals surface area contributed by atoms with Gasteiger partial charge in [0.1, 0.15) is 0 Å². The minimum absolute atomic E-state index is 0.289. The molecule has 78 valence electrons. The van der Waals surface area contributed by atoms with E-state index in [1.54, 1.807) is 5.41 Å². The Hall–Kier alpha value is -0.185. The zero-order valence-electron chi connectivity index (χ0n) is 9.29. The third-order valence-electron chi connectivity index (χ3n) is 2.75. The van der Waals surface area contributed by atoms with Gasteiger partial charge in [-0.3, -0.25) is 0 Å². The molecule has 0 saturated carbocycles. The fourth-order valence-corrected chi connectivity index (χ4v) is 1.56.